The fourth-order valence-electron chi connectivity index (χ4n) is 3.22. The SMILES string of the molecule is CC(C)c1nc(I)cn1C12CC(N)(C1)C2.Cl.Cl. The number of hydrogen-bond donors (Lipinski definition) is 1. The fourth-order valence-corrected chi connectivity index (χ4v) is 3.74. The first kappa shape index (κ1) is 15.5. The summed E-state index contributed by atoms with van der Waals surface area (Å²) in [5, 5.41) is 0. The van der Waals surface area contributed by atoms with E-state index < -0.39 is 0 Å². The molecule has 98 valence electrons. The van der Waals surface area contributed by atoms with Crippen LogP contribution in [0.25, 0.3) is 0 Å². The van der Waals surface area contributed by atoms with Crippen molar-refractivity contribution < 1.29 is 0 Å². The molecule has 3 nitrogen and oxygen atoms in total. The average molecular weight is 390 g/mol. The first-order chi connectivity index (χ1) is 6.94. The van der Waals surface area contributed by atoms with Crippen LogP contribution in [0, 0.1) is 3.70 Å². The second kappa shape index (κ2) is 4.54. The third-order valence-electron chi connectivity index (χ3n) is 3.77. The molecule has 17 heavy (non-hydrogen) atoms. The van der Waals surface area contributed by atoms with Gasteiger partial charge in [-0.1, -0.05) is 13.8 Å². The molecule has 1 aromatic rings. The van der Waals surface area contributed by atoms with Crippen LogP contribution in [0.5, 0.6) is 0 Å². The van der Waals surface area contributed by atoms with Gasteiger partial charge in [0.2, 0.25) is 0 Å². The highest BCUT2D eigenvalue weighted by atomic mass is 127. The minimum absolute atomic E-state index is 0. The van der Waals surface area contributed by atoms with Gasteiger partial charge in [0, 0.05) is 17.7 Å². The lowest BCUT2D eigenvalue weighted by atomic mass is 9.44. The Morgan fingerprint density at radius 1 is 1.35 bits per heavy atom. The van der Waals surface area contributed by atoms with Gasteiger partial charge in [-0.3, -0.25) is 0 Å². The second-order valence-corrected chi connectivity index (χ2v) is 6.67. The van der Waals surface area contributed by atoms with E-state index in [0.29, 0.717) is 11.5 Å². The van der Waals surface area contributed by atoms with Gasteiger partial charge in [0.05, 0.1) is 5.54 Å². The number of nitrogens with zero attached hydrogens (tertiary/aromatic N) is 2. The topological polar surface area (TPSA) is 43.8 Å². The fraction of sp³-hybridized carbons (Fsp3) is 0.727. The summed E-state index contributed by atoms with van der Waals surface area (Å²) in [7, 11) is 0. The van der Waals surface area contributed by atoms with Crippen molar-refractivity contribution in [1.29, 1.82) is 0 Å². The summed E-state index contributed by atoms with van der Waals surface area (Å²) in [6, 6.07) is 0. The van der Waals surface area contributed by atoms with E-state index >= 15 is 0 Å². The van der Waals surface area contributed by atoms with Crippen LogP contribution >= 0.6 is 47.4 Å². The van der Waals surface area contributed by atoms with Crippen molar-refractivity contribution in [2.75, 3.05) is 0 Å². The van der Waals surface area contributed by atoms with Gasteiger partial charge >= 0.3 is 0 Å². The third kappa shape index (κ3) is 2.11. The third-order valence-corrected chi connectivity index (χ3v) is 4.29. The summed E-state index contributed by atoms with van der Waals surface area (Å²) in [6.07, 6.45) is 5.62. The Balaban J connectivity index is 0.000000722. The van der Waals surface area contributed by atoms with Crippen LogP contribution in [-0.2, 0) is 5.54 Å². The zero-order valence-corrected chi connectivity index (χ0v) is 13.7. The smallest absolute Gasteiger partial charge is 0.119 e. The van der Waals surface area contributed by atoms with Crippen LogP contribution < -0.4 is 5.73 Å². The largest absolute Gasteiger partial charge is 0.327 e. The lowest BCUT2D eigenvalue weighted by Crippen LogP contribution is -2.76. The summed E-state index contributed by atoms with van der Waals surface area (Å²) >= 11 is 2.30. The predicted octanol–water partition coefficient (Wildman–Crippen LogP) is 3.05. The van der Waals surface area contributed by atoms with Gasteiger partial charge in [0.15, 0.2) is 0 Å². The van der Waals surface area contributed by atoms with Crippen LogP contribution in [-0.4, -0.2) is 15.1 Å². The highest BCUT2D eigenvalue weighted by molar-refractivity contribution is 14.1. The molecule has 3 aliphatic carbocycles. The van der Waals surface area contributed by atoms with Crippen LogP contribution in [0.4, 0.5) is 0 Å². The highest BCUT2D eigenvalue weighted by Gasteiger charge is 2.67. The molecule has 1 aromatic heterocycles. The lowest BCUT2D eigenvalue weighted by molar-refractivity contribution is -0.116. The molecule has 4 rings (SSSR count). The Hall–Kier alpha value is 0.480. The van der Waals surface area contributed by atoms with Crippen molar-refractivity contribution >= 4 is 47.4 Å². The molecule has 3 aliphatic rings. The lowest BCUT2D eigenvalue weighted by Gasteiger charge is -2.69. The molecular weight excluding hydrogens is 372 g/mol. The van der Waals surface area contributed by atoms with E-state index in [4.69, 9.17) is 5.73 Å². The van der Waals surface area contributed by atoms with Gasteiger partial charge in [0.25, 0.3) is 0 Å². The van der Waals surface area contributed by atoms with Crippen molar-refractivity contribution in [3.8, 4) is 0 Å². The molecule has 3 saturated carbocycles. The molecular formula is C11H18Cl2IN3. The average Bonchev–Trinajstić information content (AvgIpc) is 2.40. The molecule has 0 aliphatic heterocycles. The Kier molecular flexibility index (Phi) is 4.15. The van der Waals surface area contributed by atoms with Crippen LogP contribution in [0.3, 0.4) is 0 Å². The Bertz CT molecular complexity index is 411. The second-order valence-electron chi connectivity index (χ2n) is 5.56. The maximum absolute atomic E-state index is 6.11. The maximum Gasteiger partial charge on any atom is 0.119 e. The van der Waals surface area contributed by atoms with Gasteiger partial charge in [-0.2, -0.15) is 0 Å². The summed E-state index contributed by atoms with van der Waals surface area (Å²) in [6.45, 7) is 4.41. The molecule has 0 unspecified atom stereocenters. The van der Waals surface area contributed by atoms with E-state index in [0.717, 1.165) is 23.0 Å². The molecule has 2 bridgehead atoms. The molecule has 6 heteroatoms. The first-order valence-electron chi connectivity index (χ1n) is 5.48. The molecule has 0 aromatic carbocycles. The maximum atomic E-state index is 6.11. The quantitative estimate of drug-likeness (QED) is 0.790. The minimum atomic E-state index is 0. The zero-order chi connectivity index (χ0) is 10.8. The van der Waals surface area contributed by atoms with Gasteiger partial charge in [0.1, 0.15) is 9.53 Å². The van der Waals surface area contributed by atoms with E-state index in [1.807, 2.05) is 0 Å². The van der Waals surface area contributed by atoms with Crippen molar-refractivity contribution in [1.82, 2.24) is 9.55 Å². The molecule has 1 heterocycles. The zero-order valence-electron chi connectivity index (χ0n) is 9.94. The monoisotopic (exact) mass is 389 g/mol. The number of rotatable bonds is 2. The minimum Gasteiger partial charge on any atom is -0.327 e. The van der Waals surface area contributed by atoms with E-state index in [-0.39, 0.29) is 30.4 Å². The number of halogens is 3. The number of nitrogens with two attached hydrogens (primary N) is 1. The summed E-state index contributed by atoms with van der Waals surface area (Å²) < 4.78 is 3.50. The van der Waals surface area contributed by atoms with Crippen molar-refractivity contribution in [3.05, 3.63) is 15.7 Å². The number of aromatic nitrogens is 2. The summed E-state index contributed by atoms with van der Waals surface area (Å²) in [5.41, 5.74) is 6.62. The van der Waals surface area contributed by atoms with Crippen molar-refractivity contribution in [2.24, 2.45) is 5.73 Å². The molecule has 0 atom stereocenters. The Labute approximate surface area is 128 Å². The normalized spacial score (nSPS) is 33.2. The van der Waals surface area contributed by atoms with E-state index in [1.165, 1.54) is 5.82 Å². The molecule has 3 fully saturated rings. The van der Waals surface area contributed by atoms with Crippen LogP contribution in [0.15, 0.2) is 6.20 Å². The molecule has 0 radical (unpaired) electrons. The van der Waals surface area contributed by atoms with Gasteiger partial charge in [-0.05, 0) is 41.9 Å². The van der Waals surface area contributed by atoms with Crippen LogP contribution in [0.2, 0.25) is 0 Å². The molecule has 0 amide bonds. The first-order valence-corrected chi connectivity index (χ1v) is 6.56. The highest BCUT2D eigenvalue weighted by Crippen LogP contribution is 2.64. The number of hydrogen-bond acceptors (Lipinski definition) is 2. The molecule has 0 spiro atoms. The van der Waals surface area contributed by atoms with Gasteiger partial charge in [-0.25, -0.2) is 4.98 Å². The summed E-state index contributed by atoms with van der Waals surface area (Å²) in [5.74, 6) is 1.72. The van der Waals surface area contributed by atoms with Gasteiger partial charge < -0.3 is 10.3 Å². The predicted molar refractivity (Wildman–Crippen MR) is 82.3 cm³/mol. The van der Waals surface area contributed by atoms with Crippen LogP contribution in [0.1, 0.15) is 44.9 Å². The molecule has 0 saturated heterocycles. The van der Waals surface area contributed by atoms with E-state index in [2.05, 4.69) is 52.2 Å². The Morgan fingerprint density at radius 3 is 2.29 bits per heavy atom. The molecule has 2 N–H and O–H groups in total. The van der Waals surface area contributed by atoms with Crippen molar-refractivity contribution in [3.63, 3.8) is 0 Å². The number of imidazole rings is 1. The van der Waals surface area contributed by atoms with Gasteiger partial charge in [-0.15, -0.1) is 24.8 Å². The summed E-state index contributed by atoms with van der Waals surface area (Å²) in [4.78, 5) is 4.61. The Morgan fingerprint density at radius 2 is 1.88 bits per heavy atom. The standard InChI is InChI=1S/C11H16IN3.2ClH/c1-7(2)9-14-8(12)3-15(9)11-4-10(13,5-11)6-11;;/h3,7H,4-6,13H2,1-2H3;2*1H. The van der Waals surface area contributed by atoms with E-state index in [9.17, 15) is 0 Å². The van der Waals surface area contributed by atoms with Crippen molar-refractivity contribution in [2.45, 2.75) is 50.1 Å². The van der Waals surface area contributed by atoms with E-state index in [1.54, 1.807) is 0 Å².